The van der Waals surface area contributed by atoms with Gasteiger partial charge in [-0.2, -0.15) is 0 Å². The summed E-state index contributed by atoms with van der Waals surface area (Å²) in [7, 11) is 0. The summed E-state index contributed by atoms with van der Waals surface area (Å²) in [6.45, 7) is 21.2. The second-order valence-electron chi connectivity index (χ2n) is 10.5. The van der Waals surface area contributed by atoms with Crippen LogP contribution >= 0.6 is 0 Å². The Morgan fingerprint density at radius 1 is 0.519 bits per heavy atom. The van der Waals surface area contributed by atoms with Crippen molar-refractivity contribution in [3.63, 3.8) is 0 Å². The summed E-state index contributed by atoms with van der Waals surface area (Å²) >= 11 is 0. The molecule has 0 aliphatic rings. The van der Waals surface area contributed by atoms with E-state index in [0.717, 1.165) is 33.4 Å². The summed E-state index contributed by atoms with van der Waals surface area (Å²) in [4.78, 5) is 0. The van der Waals surface area contributed by atoms with Gasteiger partial charge in [0.15, 0.2) is 0 Å². The molecule has 2 heteroatoms. The quantitative estimate of drug-likeness (QED) is 0.624. The molecule has 148 valence electrons. The molecule has 0 aliphatic carbocycles. The van der Waals surface area contributed by atoms with E-state index in [-0.39, 0.29) is 22.3 Å². The summed E-state index contributed by atoms with van der Waals surface area (Å²) in [5, 5.41) is 21.7. The molecule has 2 aromatic rings. The van der Waals surface area contributed by atoms with Crippen LogP contribution in [0.1, 0.15) is 88.8 Å². The minimum atomic E-state index is -0.517. The number of hydrogen-bond donors (Lipinski definition) is 2. The average molecular weight is 369 g/mol. The summed E-state index contributed by atoms with van der Waals surface area (Å²) < 4.78 is 0. The normalized spacial score (nSPS) is 13.1. The van der Waals surface area contributed by atoms with Crippen molar-refractivity contribution in [2.45, 2.75) is 85.5 Å². The molecule has 2 nitrogen and oxygen atoms in total. The number of phenols is 2. The molecule has 0 unspecified atom stereocenters. The molecule has 0 atom stereocenters. The molecule has 2 aromatic carbocycles. The fraction of sp³-hybridized carbons (Fsp3) is 0.520. The monoisotopic (exact) mass is 368 g/mol. The summed E-state index contributed by atoms with van der Waals surface area (Å²) in [5.41, 5.74) is 5.70. The van der Waals surface area contributed by atoms with Crippen LogP contribution in [0.2, 0.25) is 0 Å². The molecule has 0 amide bonds. The van der Waals surface area contributed by atoms with Gasteiger partial charge in [0, 0.05) is 16.5 Å². The largest absolute Gasteiger partial charge is 0.508 e. The van der Waals surface area contributed by atoms with Crippen molar-refractivity contribution in [2.75, 3.05) is 0 Å². The van der Waals surface area contributed by atoms with E-state index in [1.165, 1.54) is 0 Å². The van der Waals surface area contributed by atoms with E-state index < -0.39 is 5.41 Å². The first-order chi connectivity index (χ1) is 12.1. The smallest absolute Gasteiger partial charge is 0.119 e. The molecule has 0 fully saturated rings. The second-order valence-corrected chi connectivity index (χ2v) is 10.5. The van der Waals surface area contributed by atoms with Crippen molar-refractivity contribution in [3.8, 4) is 11.5 Å². The van der Waals surface area contributed by atoms with Gasteiger partial charge in [0.05, 0.1) is 0 Å². The van der Waals surface area contributed by atoms with Gasteiger partial charge in [-0.25, -0.2) is 0 Å². The van der Waals surface area contributed by atoms with Crippen LogP contribution in [0.4, 0.5) is 0 Å². The lowest BCUT2D eigenvalue weighted by Crippen LogP contribution is -2.22. The van der Waals surface area contributed by atoms with Gasteiger partial charge in [-0.05, 0) is 59.1 Å². The third-order valence-electron chi connectivity index (χ3n) is 5.65. The summed E-state index contributed by atoms with van der Waals surface area (Å²) in [6, 6.07) is 7.92. The predicted octanol–water partition coefficient (Wildman–Crippen LogP) is 6.64. The van der Waals surface area contributed by atoms with Crippen molar-refractivity contribution in [1.29, 1.82) is 0 Å². The van der Waals surface area contributed by atoms with E-state index in [2.05, 4.69) is 81.4 Å². The van der Waals surface area contributed by atoms with Crippen LogP contribution in [0.15, 0.2) is 24.3 Å². The van der Waals surface area contributed by atoms with E-state index in [4.69, 9.17) is 0 Å². The zero-order valence-corrected chi connectivity index (χ0v) is 18.7. The molecular formula is C25H36O2. The number of aromatic hydroxyl groups is 2. The maximum Gasteiger partial charge on any atom is 0.119 e. The van der Waals surface area contributed by atoms with Crippen LogP contribution in [0, 0.1) is 13.8 Å². The summed E-state index contributed by atoms with van der Waals surface area (Å²) in [5.74, 6) is 0.569. The minimum absolute atomic E-state index is 0.0304. The maximum atomic E-state index is 10.8. The van der Waals surface area contributed by atoms with Crippen molar-refractivity contribution in [1.82, 2.24) is 0 Å². The van der Waals surface area contributed by atoms with E-state index in [1.54, 1.807) is 0 Å². The standard InChI is InChI=1S/C25H36O2/c1-15-11-19(21(26)13-17(15)23(3,4)5)25(9,10)20-12-16(2)18(14-22(20)27)24(6,7)8/h11-14,26-27H,1-10H3. The number of phenolic OH excluding ortho intramolecular Hbond substituents is 2. The first kappa shape index (κ1) is 21.3. The van der Waals surface area contributed by atoms with Crippen molar-refractivity contribution >= 4 is 0 Å². The van der Waals surface area contributed by atoms with E-state index in [9.17, 15) is 10.2 Å². The zero-order valence-electron chi connectivity index (χ0n) is 18.7. The minimum Gasteiger partial charge on any atom is -0.508 e. The Morgan fingerprint density at radius 2 is 0.815 bits per heavy atom. The number of hydrogen-bond acceptors (Lipinski definition) is 2. The lowest BCUT2D eigenvalue weighted by Gasteiger charge is -2.32. The van der Waals surface area contributed by atoms with E-state index in [0.29, 0.717) is 0 Å². The van der Waals surface area contributed by atoms with Gasteiger partial charge in [-0.3, -0.25) is 0 Å². The predicted molar refractivity (Wildman–Crippen MR) is 115 cm³/mol. The van der Waals surface area contributed by atoms with Gasteiger partial charge < -0.3 is 10.2 Å². The molecule has 0 radical (unpaired) electrons. The highest BCUT2D eigenvalue weighted by Crippen LogP contribution is 2.44. The Kier molecular flexibility index (Phi) is 5.20. The van der Waals surface area contributed by atoms with Crippen LogP contribution in [0.3, 0.4) is 0 Å². The van der Waals surface area contributed by atoms with Crippen LogP contribution in [0.5, 0.6) is 11.5 Å². The Labute approximate surface area is 165 Å². The van der Waals surface area contributed by atoms with Crippen LogP contribution < -0.4 is 0 Å². The molecule has 2 rings (SSSR count). The van der Waals surface area contributed by atoms with Gasteiger partial charge in [0.1, 0.15) is 11.5 Å². The van der Waals surface area contributed by atoms with Gasteiger partial charge in [0.2, 0.25) is 0 Å². The van der Waals surface area contributed by atoms with E-state index in [1.807, 2.05) is 12.1 Å². The topological polar surface area (TPSA) is 40.5 Å². The van der Waals surface area contributed by atoms with E-state index >= 15 is 0 Å². The van der Waals surface area contributed by atoms with Crippen LogP contribution in [0.25, 0.3) is 0 Å². The highest BCUT2D eigenvalue weighted by atomic mass is 16.3. The third kappa shape index (κ3) is 4.00. The van der Waals surface area contributed by atoms with Gasteiger partial charge in [-0.15, -0.1) is 0 Å². The van der Waals surface area contributed by atoms with Crippen molar-refractivity contribution < 1.29 is 10.2 Å². The Hall–Kier alpha value is -1.96. The molecule has 27 heavy (non-hydrogen) atoms. The van der Waals surface area contributed by atoms with Crippen LogP contribution in [-0.4, -0.2) is 10.2 Å². The first-order valence-corrected chi connectivity index (χ1v) is 9.76. The molecule has 0 heterocycles. The number of aryl methyl sites for hydroxylation is 2. The first-order valence-electron chi connectivity index (χ1n) is 9.76. The molecule has 0 aromatic heterocycles. The Balaban J connectivity index is 2.67. The average Bonchev–Trinajstić information content (AvgIpc) is 2.48. The lowest BCUT2D eigenvalue weighted by molar-refractivity contribution is 0.431. The Bertz CT molecular complexity index is 788. The Morgan fingerprint density at radius 3 is 1.07 bits per heavy atom. The second kappa shape index (κ2) is 6.58. The fourth-order valence-corrected chi connectivity index (χ4v) is 4.16. The molecule has 0 saturated heterocycles. The zero-order chi connectivity index (χ0) is 20.9. The highest BCUT2D eigenvalue weighted by molar-refractivity contribution is 5.56. The lowest BCUT2D eigenvalue weighted by atomic mass is 9.73. The fourth-order valence-electron chi connectivity index (χ4n) is 4.16. The number of rotatable bonds is 2. The number of benzene rings is 2. The van der Waals surface area contributed by atoms with Crippen LogP contribution in [-0.2, 0) is 16.2 Å². The molecule has 0 spiro atoms. The van der Waals surface area contributed by atoms with Gasteiger partial charge in [-0.1, -0.05) is 67.5 Å². The van der Waals surface area contributed by atoms with Crippen molar-refractivity contribution in [3.05, 3.63) is 57.6 Å². The molecule has 0 aliphatic heterocycles. The summed E-state index contributed by atoms with van der Waals surface area (Å²) in [6.07, 6.45) is 0. The molecule has 0 bridgehead atoms. The molecule has 0 saturated carbocycles. The SMILES string of the molecule is Cc1cc(C(C)(C)c2cc(C)c(C(C)(C)C)cc2O)c(O)cc1C(C)(C)C. The van der Waals surface area contributed by atoms with Gasteiger partial charge in [0.25, 0.3) is 0 Å². The third-order valence-corrected chi connectivity index (χ3v) is 5.65. The molecule has 2 N–H and O–H groups in total. The van der Waals surface area contributed by atoms with Gasteiger partial charge >= 0.3 is 0 Å². The maximum absolute atomic E-state index is 10.8. The molecular weight excluding hydrogens is 332 g/mol. The van der Waals surface area contributed by atoms with Crippen molar-refractivity contribution in [2.24, 2.45) is 0 Å². The highest BCUT2D eigenvalue weighted by Gasteiger charge is 2.32.